The Balaban J connectivity index is 3.02. The van der Waals surface area contributed by atoms with E-state index in [1.54, 1.807) is 0 Å². The summed E-state index contributed by atoms with van der Waals surface area (Å²) in [5.41, 5.74) is 0. The van der Waals surface area contributed by atoms with Crippen LogP contribution in [0.25, 0.3) is 0 Å². The highest BCUT2D eigenvalue weighted by atomic mass is 16.4. The summed E-state index contributed by atoms with van der Waals surface area (Å²) in [5, 5.41) is 36.3. The molecular weight excluding hydrogens is 320 g/mol. The van der Waals surface area contributed by atoms with Crippen LogP contribution in [0.5, 0.6) is 0 Å². The molecule has 0 heterocycles. The summed E-state index contributed by atoms with van der Waals surface area (Å²) in [6, 6.07) is 0. The predicted octanol–water partition coefficient (Wildman–Crippen LogP) is 1.64. The fourth-order valence-corrected chi connectivity index (χ4v) is 3.69. The molecule has 8 heteroatoms. The van der Waals surface area contributed by atoms with Gasteiger partial charge in [0.1, 0.15) is 0 Å². The van der Waals surface area contributed by atoms with E-state index < -0.39 is 35.7 Å². The minimum Gasteiger partial charge on any atom is -0.481 e. The largest absolute Gasteiger partial charge is 0.481 e. The van der Waals surface area contributed by atoms with E-state index in [-0.39, 0.29) is 36.5 Å². The van der Waals surface area contributed by atoms with Gasteiger partial charge in [-0.15, -0.1) is 0 Å². The summed E-state index contributed by atoms with van der Waals surface area (Å²) in [6.45, 7) is 3.87. The summed E-state index contributed by atoms with van der Waals surface area (Å²) in [6.07, 6.45) is 1.11. The quantitative estimate of drug-likeness (QED) is 0.485. The second-order valence-electron chi connectivity index (χ2n) is 6.77. The van der Waals surface area contributed by atoms with Gasteiger partial charge in [-0.1, -0.05) is 20.3 Å². The van der Waals surface area contributed by atoms with Crippen molar-refractivity contribution in [1.29, 1.82) is 0 Å². The number of rotatable bonds is 8. The van der Waals surface area contributed by atoms with Crippen molar-refractivity contribution in [3.8, 4) is 0 Å². The number of hydrogen-bond acceptors (Lipinski definition) is 4. The van der Waals surface area contributed by atoms with Crippen molar-refractivity contribution in [3.63, 3.8) is 0 Å². The van der Waals surface area contributed by atoms with Crippen molar-refractivity contribution in [2.75, 3.05) is 0 Å². The fraction of sp³-hybridized carbons (Fsp3) is 0.750. The van der Waals surface area contributed by atoms with Gasteiger partial charge in [0.2, 0.25) is 0 Å². The average Bonchev–Trinajstić information content (AvgIpc) is 2.45. The molecule has 0 saturated heterocycles. The Kier molecular flexibility index (Phi) is 6.74. The summed E-state index contributed by atoms with van der Waals surface area (Å²) in [7, 11) is 0. The van der Waals surface area contributed by atoms with Gasteiger partial charge in [-0.3, -0.25) is 19.2 Å². The van der Waals surface area contributed by atoms with Gasteiger partial charge in [0, 0.05) is 0 Å². The Morgan fingerprint density at radius 2 is 1.21 bits per heavy atom. The number of carboxylic acid groups (broad SMARTS) is 4. The van der Waals surface area contributed by atoms with Crippen molar-refractivity contribution in [2.45, 2.75) is 39.5 Å². The van der Waals surface area contributed by atoms with E-state index in [2.05, 4.69) is 0 Å². The lowest BCUT2D eigenvalue weighted by atomic mass is 9.63. The lowest BCUT2D eigenvalue weighted by Crippen LogP contribution is -2.39. The maximum Gasteiger partial charge on any atom is 0.317 e. The van der Waals surface area contributed by atoms with Crippen LogP contribution in [0.4, 0.5) is 0 Å². The first kappa shape index (κ1) is 19.9. The number of carboxylic acids is 4. The van der Waals surface area contributed by atoms with Crippen molar-refractivity contribution in [2.24, 2.45) is 35.5 Å². The second kappa shape index (κ2) is 8.12. The molecule has 24 heavy (non-hydrogen) atoms. The Morgan fingerprint density at radius 3 is 1.62 bits per heavy atom. The monoisotopic (exact) mass is 344 g/mol. The molecule has 1 fully saturated rings. The lowest BCUT2D eigenvalue weighted by Gasteiger charge is -2.41. The number of carbonyl (C=O) groups is 4. The van der Waals surface area contributed by atoms with Gasteiger partial charge in [-0.05, 0) is 42.9 Å². The van der Waals surface area contributed by atoms with Crippen LogP contribution in [0.1, 0.15) is 39.5 Å². The minimum atomic E-state index is -1.57. The van der Waals surface area contributed by atoms with Crippen LogP contribution in [-0.2, 0) is 19.2 Å². The second-order valence-corrected chi connectivity index (χ2v) is 6.77. The summed E-state index contributed by atoms with van der Waals surface area (Å²) >= 11 is 0. The number of hydrogen-bond donors (Lipinski definition) is 4. The molecule has 0 aromatic heterocycles. The molecule has 0 amide bonds. The Bertz CT molecular complexity index is 486. The Labute approximate surface area is 139 Å². The first-order chi connectivity index (χ1) is 11.1. The molecule has 0 radical (unpaired) electrons. The van der Waals surface area contributed by atoms with Crippen LogP contribution in [0, 0.1) is 35.5 Å². The molecule has 0 aliphatic heterocycles. The van der Waals surface area contributed by atoms with Gasteiger partial charge < -0.3 is 20.4 Å². The van der Waals surface area contributed by atoms with Crippen LogP contribution in [0.3, 0.4) is 0 Å². The molecule has 4 unspecified atom stereocenters. The van der Waals surface area contributed by atoms with Gasteiger partial charge in [0.15, 0.2) is 11.8 Å². The third-order valence-corrected chi connectivity index (χ3v) is 5.41. The third kappa shape index (κ3) is 4.69. The van der Waals surface area contributed by atoms with E-state index in [1.807, 2.05) is 13.8 Å². The summed E-state index contributed by atoms with van der Waals surface area (Å²) < 4.78 is 0. The third-order valence-electron chi connectivity index (χ3n) is 5.41. The molecular formula is C16H24O8. The topological polar surface area (TPSA) is 149 Å². The van der Waals surface area contributed by atoms with Crippen LogP contribution < -0.4 is 0 Å². The van der Waals surface area contributed by atoms with Gasteiger partial charge in [-0.25, -0.2) is 0 Å². The predicted molar refractivity (Wildman–Crippen MR) is 81.3 cm³/mol. The van der Waals surface area contributed by atoms with E-state index >= 15 is 0 Å². The molecule has 1 saturated carbocycles. The van der Waals surface area contributed by atoms with Gasteiger partial charge in [0.05, 0.1) is 0 Å². The first-order valence-electron chi connectivity index (χ1n) is 7.97. The molecule has 4 N–H and O–H groups in total. The molecule has 0 bridgehead atoms. The highest BCUT2D eigenvalue weighted by Crippen LogP contribution is 2.44. The van der Waals surface area contributed by atoms with Crippen LogP contribution in [0.2, 0.25) is 0 Å². The van der Waals surface area contributed by atoms with E-state index in [4.69, 9.17) is 20.4 Å². The fourth-order valence-electron chi connectivity index (χ4n) is 3.69. The summed E-state index contributed by atoms with van der Waals surface area (Å²) in [5.74, 6) is -9.29. The molecule has 8 nitrogen and oxygen atoms in total. The van der Waals surface area contributed by atoms with Crippen molar-refractivity contribution in [1.82, 2.24) is 0 Å². The van der Waals surface area contributed by atoms with Crippen molar-refractivity contribution in [3.05, 3.63) is 0 Å². The molecule has 1 aliphatic carbocycles. The van der Waals surface area contributed by atoms with E-state index in [0.29, 0.717) is 6.42 Å². The molecule has 0 spiro atoms. The molecule has 1 rings (SSSR count). The smallest absolute Gasteiger partial charge is 0.317 e. The number of aliphatic carboxylic acids is 4. The maximum absolute atomic E-state index is 11.2. The highest BCUT2D eigenvalue weighted by Gasteiger charge is 2.42. The normalized spacial score (nSPS) is 27.2. The summed E-state index contributed by atoms with van der Waals surface area (Å²) in [4.78, 5) is 44.6. The van der Waals surface area contributed by atoms with Gasteiger partial charge in [-0.2, -0.15) is 0 Å². The molecule has 1 aliphatic rings. The SMILES string of the molecule is CC1CCC(CC(C(=O)O)C(=O)O)C(CC(C(=O)O)C(=O)O)C1C. The zero-order chi connectivity index (χ0) is 18.6. The van der Waals surface area contributed by atoms with E-state index in [1.165, 1.54) is 0 Å². The van der Waals surface area contributed by atoms with Crippen LogP contribution >= 0.6 is 0 Å². The highest BCUT2D eigenvalue weighted by molar-refractivity contribution is 5.93. The van der Waals surface area contributed by atoms with Crippen molar-refractivity contribution >= 4 is 23.9 Å². The Morgan fingerprint density at radius 1 is 0.792 bits per heavy atom. The molecule has 4 atom stereocenters. The molecule has 0 aromatic carbocycles. The van der Waals surface area contributed by atoms with E-state index in [9.17, 15) is 19.2 Å². The van der Waals surface area contributed by atoms with Gasteiger partial charge in [0.25, 0.3) is 0 Å². The van der Waals surface area contributed by atoms with Crippen LogP contribution in [0.15, 0.2) is 0 Å². The van der Waals surface area contributed by atoms with Crippen LogP contribution in [-0.4, -0.2) is 44.3 Å². The van der Waals surface area contributed by atoms with Crippen molar-refractivity contribution < 1.29 is 39.6 Å². The minimum absolute atomic E-state index is 0.00631. The zero-order valence-corrected chi connectivity index (χ0v) is 13.7. The zero-order valence-electron chi connectivity index (χ0n) is 13.7. The first-order valence-corrected chi connectivity index (χ1v) is 7.97. The van der Waals surface area contributed by atoms with Gasteiger partial charge >= 0.3 is 23.9 Å². The van der Waals surface area contributed by atoms with E-state index in [0.717, 1.165) is 6.42 Å². The molecule has 136 valence electrons. The maximum atomic E-state index is 11.2. The standard InChI is InChI=1S/C16H24O8/c1-7-3-4-9(5-11(13(17)18)14(19)20)10(8(7)2)6-12(15(21)22)16(23)24/h7-12H,3-6H2,1-2H3,(H,17,18)(H,19,20)(H,21,22)(H,23,24). The molecule has 0 aromatic rings. The Hall–Kier alpha value is -2.12. The average molecular weight is 344 g/mol. The lowest BCUT2D eigenvalue weighted by molar-refractivity contribution is -0.159.